The molecule has 1 aromatic rings. The van der Waals surface area contributed by atoms with E-state index in [4.69, 9.17) is 5.11 Å². The van der Waals surface area contributed by atoms with Crippen molar-refractivity contribution in [3.63, 3.8) is 0 Å². The summed E-state index contributed by atoms with van der Waals surface area (Å²) >= 11 is 2.93. The molecular formula is C13H13BrF3NO3. The molecule has 0 saturated carbocycles. The number of carbonyl (C=O) groups excluding carboxylic acids is 1. The molecule has 2 N–H and O–H groups in total. The van der Waals surface area contributed by atoms with Gasteiger partial charge in [0.1, 0.15) is 0 Å². The van der Waals surface area contributed by atoms with E-state index in [1.165, 1.54) is 13.0 Å². The van der Waals surface area contributed by atoms with Crippen molar-refractivity contribution in [1.29, 1.82) is 0 Å². The van der Waals surface area contributed by atoms with E-state index in [0.717, 1.165) is 12.1 Å². The van der Waals surface area contributed by atoms with Crippen LogP contribution in [0.25, 0.3) is 0 Å². The first-order valence-electron chi connectivity index (χ1n) is 6.00. The zero-order chi connectivity index (χ0) is 16.2. The van der Waals surface area contributed by atoms with Gasteiger partial charge in [-0.25, -0.2) is 0 Å². The van der Waals surface area contributed by atoms with Crippen LogP contribution in [0.3, 0.4) is 0 Å². The summed E-state index contributed by atoms with van der Waals surface area (Å²) < 4.78 is 38.9. The van der Waals surface area contributed by atoms with Crippen LogP contribution in [0.1, 0.15) is 35.7 Å². The molecule has 1 atom stereocenters. The number of carbonyl (C=O) groups is 2. The molecule has 21 heavy (non-hydrogen) atoms. The number of hydrogen-bond donors (Lipinski definition) is 2. The Morgan fingerprint density at radius 2 is 2.00 bits per heavy atom. The largest absolute Gasteiger partial charge is 0.481 e. The summed E-state index contributed by atoms with van der Waals surface area (Å²) in [5.74, 6) is -1.91. The summed E-state index contributed by atoms with van der Waals surface area (Å²) in [6.07, 6.45) is -4.69. The monoisotopic (exact) mass is 367 g/mol. The predicted molar refractivity (Wildman–Crippen MR) is 72.9 cm³/mol. The van der Waals surface area contributed by atoms with Crippen LogP contribution in [0.15, 0.2) is 22.7 Å². The van der Waals surface area contributed by atoms with Crippen molar-refractivity contribution in [3.8, 4) is 0 Å². The number of benzene rings is 1. The topological polar surface area (TPSA) is 66.4 Å². The summed E-state index contributed by atoms with van der Waals surface area (Å²) in [6.45, 7) is 1.53. The van der Waals surface area contributed by atoms with Gasteiger partial charge >= 0.3 is 12.1 Å². The highest BCUT2D eigenvalue weighted by molar-refractivity contribution is 9.10. The molecule has 0 heterocycles. The van der Waals surface area contributed by atoms with Crippen molar-refractivity contribution in [2.45, 2.75) is 32.0 Å². The molecule has 8 heteroatoms. The number of rotatable bonds is 5. The standard InChI is InChI=1S/C13H13BrF3NO3/c1-7(2-5-11(19)20)18-12(21)9-4-3-8(14)6-10(9)13(15,16)17/h3-4,6-7H,2,5H2,1H3,(H,18,21)(H,19,20). The second kappa shape index (κ2) is 6.93. The van der Waals surface area contributed by atoms with Crippen LogP contribution >= 0.6 is 15.9 Å². The lowest BCUT2D eigenvalue weighted by atomic mass is 10.1. The van der Waals surface area contributed by atoms with Crippen LogP contribution < -0.4 is 5.32 Å². The van der Waals surface area contributed by atoms with Crippen molar-refractivity contribution in [3.05, 3.63) is 33.8 Å². The van der Waals surface area contributed by atoms with Crippen LogP contribution in [-0.2, 0) is 11.0 Å². The number of nitrogens with one attached hydrogen (secondary N) is 1. The first kappa shape index (κ1) is 17.5. The summed E-state index contributed by atoms with van der Waals surface area (Å²) in [4.78, 5) is 22.3. The number of aliphatic carboxylic acids is 1. The van der Waals surface area contributed by atoms with Crippen LogP contribution in [0.4, 0.5) is 13.2 Å². The summed E-state index contributed by atoms with van der Waals surface area (Å²) in [7, 11) is 0. The van der Waals surface area contributed by atoms with E-state index < -0.39 is 35.2 Å². The maximum absolute atomic E-state index is 12.9. The van der Waals surface area contributed by atoms with Crippen molar-refractivity contribution in [2.24, 2.45) is 0 Å². The summed E-state index contributed by atoms with van der Waals surface area (Å²) in [6, 6.07) is 2.70. The molecule has 0 fully saturated rings. The highest BCUT2D eigenvalue weighted by Crippen LogP contribution is 2.33. The van der Waals surface area contributed by atoms with E-state index in [1.807, 2.05) is 0 Å². The van der Waals surface area contributed by atoms with Gasteiger partial charge in [-0.05, 0) is 31.5 Å². The molecule has 0 radical (unpaired) electrons. The van der Waals surface area contributed by atoms with Crippen molar-refractivity contribution in [2.75, 3.05) is 0 Å². The third kappa shape index (κ3) is 5.37. The highest BCUT2D eigenvalue weighted by Gasteiger charge is 2.35. The molecule has 0 aliphatic carbocycles. The Bertz CT molecular complexity index is 546. The van der Waals surface area contributed by atoms with Gasteiger partial charge in [-0.1, -0.05) is 15.9 Å². The first-order valence-corrected chi connectivity index (χ1v) is 6.80. The third-order valence-electron chi connectivity index (χ3n) is 2.70. The predicted octanol–water partition coefficient (Wildman–Crippen LogP) is 3.45. The minimum Gasteiger partial charge on any atom is -0.481 e. The van der Waals surface area contributed by atoms with Crippen molar-refractivity contribution < 1.29 is 27.9 Å². The van der Waals surface area contributed by atoms with E-state index in [-0.39, 0.29) is 17.3 Å². The van der Waals surface area contributed by atoms with Gasteiger partial charge in [0, 0.05) is 16.9 Å². The Morgan fingerprint density at radius 3 is 2.52 bits per heavy atom. The summed E-state index contributed by atoms with van der Waals surface area (Å²) in [5, 5.41) is 10.9. The maximum atomic E-state index is 12.9. The van der Waals surface area contributed by atoms with Crippen LogP contribution in [0, 0.1) is 0 Å². The zero-order valence-electron chi connectivity index (χ0n) is 11.0. The fourth-order valence-electron chi connectivity index (χ4n) is 1.66. The lowest BCUT2D eigenvalue weighted by Crippen LogP contribution is -2.34. The van der Waals surface area contributed by atoms with Crippen molar-refractivity contribution >= 4 is 27.8 Å². The van der Waals surface area contributed by atoms with Gasteiger partial charge in [-0.3, -0.25) is 9.59 Å². The minimum absolute atomic E-state index is 0.138. The molecule has 0 aliphatic heterocycles. The molecule has 1 unspecified atom stereocenters. The number of hydrogen-bond acceptors (Lipinski definition) is 2. The first-order chi connectivity index (χ1) is 9.61. The molecule has 0 bridgehead atoms. The molecule has 0 aliphatic rings. The van der Waals surface area contributed by atoms with Gasteiger partial charge < -0.3 is 10.4 Å². The van der Waals surface area contributed by atoms with Gasteiger partial charge in [0.2, 0.25) is 0 Å². The van der Waals surface area contributed by atoms with E-state index in [9.17, 15) is 22.8 Å². The molecule has 4 nitrogen and oxygen atoms in total. The van der Waals surface area contributed by atoms with Crippen LogP contribution in [-0.4, -0.2) is 23.0 Å². The third-order valence-corrected chi connectivity index (χ3v) is 3.19. The van der Waals surface area contributed by atoms with E-state index in [1.54, 1.807) is 0 Å². The van der Waals surface area contributed by atoms with Crippen molar-refractivity contribution in [1.82, 2.24) is 5.32 Å². The normalized spacial score (nSPS) is 12.8. The Morgan fingerprint density at radius 1 is 1.38 bits per heavy atom. The lowest BCUT2D eigenvalue weighted by Gasteiger charge is -2.16. The average Bonchev–Trinajstić information content (AvgIpc) is 2.35. The number of alkyl halides is 3. The van der Waals surface area contributed by atoms with Crippen LogP contribution in [0.5, 0.6) is 0 Å². The molecule has 1 rings (SSSR count). The quantitative estimate of drug-likeness (QED) is 0.837. The van der Waals surface area contributed by atoms with E-state index in [0.29, 0.717) is 0 Å². The SMILES string of the molecule is CC(CCC(=O)O)NC(=O)c1ccc(Br)cc1C(F)(F)F. The maximum Gasteiger partial charge on any atom is 0.417 e. The molecule has 1 amide bonds. The number of carboxylic acid groups (broad SMARTS) is 1. The minimum atomic E-state index is -4.65. The molecule has 1 aromatic carbocycles. The average molecular weight is 368 g/mol. The van der Waals surface area contributed by atoms with E-state index in [2.05, 4.69) is 21.2 Å². The van der Waals surface area contributed by atoms with E-state index >= 15 is 0 Å². The number of carboxylic acids is 1. The van der Waals surface area contributed by atoms with Gasteiger partial charge in [0.15, 0.2) is 0 Å². The Kier molecular flexibility index (Phi) is 5.77. The second-order valence-corrected chi connectivity index (χ2v) is 5.41. The second-order valence-electron chi connectivity index (χ2n) is 4.49. The molecule has 0 spiro atoms. The molecule has 116 valence electrons. The Hall–Kier alpha value is -1.57. The molecular weight excluding hydrogens is 355 g/mol. The molecule has 0 saturated heterocycles. The lowest BCUT2D eigenvalue weighted by molar-refractivity contribution is -0.138. The summed E-state index contributed by atoms with van der Waals surface area (Å²) in [5.41, 5.74) is -1.53. The van der Waals surface area contributed by atoms with Gasteiger partial charge in [0.05, 0.1) is 11.1 Å². The molecule has 0 aromatic heterocycles. The van der Waals surface area contributed by atoms with Gasteiger partial charge in [0.25, 0.3) is 5.91 Å². The number of halogens is 4. The van der Waals surface area contributed by atoms with Crippen LogP contribution in [0.2, 0.25) is 0 Å². The highest BCUT2D eigenvalue weighted by atomic mass is 79.9. The smallest absolute Gasteiger partial charge is 0.417 e. The van der Waals surface area contributed by atoms with Gasteiger partial charge in [-0.2, -0.15) is 13.2 Å². The zero-order valence-corrected chi connectivity index (χ0v) is 12.6. The Balaban J connectivity index is 2.90. The number of amides is 1. The van der Waals surface area contributed by atoms with Gasteiger partial charge in [-0.15, -0.1) is 0 Å². The fraction of sp³-hybridized carbons (Fsp3) is 0.385. The Labute approximate surface area is 127 Å². The fourth-order valence-corrected chi connectivity index (χ4v) is 2.02.